The molecular formula is C22H26F3N3O5. The molecule has 1 aromatic heterocycles. The van der Waals surface area contributed by atoms with Crippen molar-refractivity contribution < 1.29 is 36.7 Å². The van der Waals surface area contributed by atoms with Gasteiger partial charge in [-0.05, 0) is 37.1 Å². The Morgan fingerprint density at radius 3 is 2.33 bits per heavy atom. The maximum atomic E-state index is 12.4. The lowest BCUT2D eigenvalue weighted by atomic mass is 9.97. The molecule has 1 heterocycles. The number of oxazole rings is 1. The van der Waals surface area contributed by atoms with E-state index in [1.807, 2.05) is 0 Å². The third kappa shape index (κ3) is 8.66. The summed E-state index contributed by atoms with van der Waals surface area (Å²) in [5, 5.41) is 5.53. The first-order valence-electron chi connectivity index (χ1n) is 10.8. The number of benzene rings is 1. The van der Waals surface area contributed by atoms with Gasteiger partial charge in [-0.2, -0.15) is 0 Å². The van der Waals surface area contributed by atoms with Crippen molar-refractivity contribution in [2.24, 2.45) is 0 Å². The van der Waals surface area contributed by atoms with Crippen molar-refractivity contribution in [1.29, 1.82) is 0 Å². The summed E-state index contributed by atoms with van der Waals surface area (Å²) < 4.78 is 50.7. The van der Waals surface area contributed by atoms with Crippen molar-refractivity contribution in [1.82, 2.24) is 15.6 Å². The van der Waals surface area contributed by atoms with Crippen LogP contribution >= 0.6 is 0 Å². The molecule has 0 unspecified atom stereocenters. The van der Waals surface area contributed by atoms with Crippen molar-refractivity contribution in [2.45, 2.75) is 63.9 Å². The topological polar surface area (TPSA) is 103 Å². The Bertz CT molecular complexity index is 907. The normalized spacial score (nSPS) is 15.2. The molecule has 11 heteroatoms. The smallest absolute Gasteiger partial charge is 0.484 e. The Kier molecular flexibility index (Phi) is 8.56. The molecule has 1 aromatic carbocycles. The monoisotopic (exact) mass is 469 g/mol. The van der Waals surface area contributed by atoms with Crippen molar-refractivity contribution >= 4 is 11.8 Å². The zero-order chi connectivity index (χ0) is 23.7. The van der Waals surface area contributed by atoms with E-state index in [1.54, 1.807) is 0 Å². The molecule has 2 N–H and O–H groups in total. The lowest BCUT2D eigenvalue weighted by Crippen LogP contribution is -2.35. The van der Waals surface area contributed by atoms with E-state index in [2.05, 4.69) is 20.4 Å². The van der Waals surface area contributed by atoms with Gasteiger partial charge in [0.15, 0.2) is 12.3 Å². The van der Waals surface area contributed by atoms with Gasteiger partial charge in [-0.3, -0.25) is 9.59 Å². The second-order valence-electron chi connectivity index (χ2n) is 7.73. The average Bonchev–Trinajstić information content (AvgIpc) is 3.22. The third-order valence-electron chi connectivity index (χ3n) is 5.09. The lowest BCUT2D eigenvalue weighted by molar-refractivity contribution is -0.274. The molecule has 180 valence electrons. The molecule has 0 saturated heterocycles. The quantitative estimate of drug-likeness (QED) is 0.603. The molecule has 8 nitrogen and oxygen atoms in total. The highest BCUT2D eigenvalue weighted by atomic mass is 19.4. The Morgan fingerprint density at radius 2 is 1.67 bits per heavy atom. The molecule has 0 atom stereocenters. The van der Waals surface area contributed by atoms with Gasteiger partial charge in [0.05, 0.1) is 6.54 Å². The standard InChI is InChI=1S/C22H26F3N3O5/c23-22(24,25)33-17-10-8-16(9-11-17)31-14-19(29)26-12-20-28-18(13-32-20)21(30)27-15-6-4-2-1-3-5-7-15/h8-11,13,15H,1-7,12,14H2,(H,26,29)(H,27,30). The van der Waals surface area contributed by atoms with Gasteiger partial charge in [0.1, 0.15) is 17.8 Å². The van der Waals surface area contributed by atoms with Crippen LogP contribution in [0.15, 0.2) is 34.9 Å². The van der Waals surface area contributed by atoms with E-state index >= 15 is 0 Å². The van der Waals surface area contributed by atoms with E-state index in [0.717, 1.165) is 37.8 Å². The summed E-state index contributed by atoms with van der Waals surface area (Å²) in [6.07, 6.45) is 4.16. The Labute approximate surface area is 188 Å². The SMILES string of the molecule is O=C(COc1ccc(OC(F)(F)F)cc1)NCc1nc(C(=O)NC2CCCCCCC2)co1. The Hall–Kier alpha value is -3.24. The van der Waals surface area contributed by atoms with Crippen LogP contribution in [0.3, 0.4) is 0 Å². The molecule has 2 aromatic rings. The molecule has 1 fully saturated rings. The second-order valence-corrected chi connectivity index (χ2v) is 7.73. The first-order chi connectivity index (χ1) is 15.8. The third-order valence-corrected chi connectivity index (χ3v) is 5.09. The molecule has 3 rings (SSSR count). The van der Waals surface area contributed by atoms with Crippen LogP contribution < -0.4 is 20.1 Å². The summed E-state index contributed by atoms with van der Waals surface area (Å²) in [7, 11) is 0. The Balaban J connectivity index is 1.39. The second kappa shape index (κ2) is 11.6. The zero-order valence-corrected chi connectivity index (χ0v) is 18.0. The molecule has 2 amide bonds. The van der Waals surface area contributed by atoms with Crippen molar-refractivity contribution in [3.8, 4) is 11.5 Å². The number of aromatic nitrogens is 1. The number of amides is 2. The highest BCUT2D eigenvalue weighted by Crippen LogP contribution is 2.24. The molecule has 1 aliphatic carbocycles. The minimum Gasteiger partial charge on any atom is -0.484 e. The van der Waals surface area contributed by atoms with Gasteiger partial charge in [-0.25, -0.2) is 4.98 Å². The summed E-state index contributed by atoms with van der Waals surface area (Å²) in [5.41, 5.74) is 0.152. The first kappa shape index (κ1) is 24.4. The van der Waals surface area contributed by atoms with Gasteiger partial charge in [0, 0.05) is 6.04 Å². The number of hydrogen-bond acceptors (Lipinski definition) is 6. The maximum Gasteiger partial charge on any atom is 0.573 e. The van der Waals surface area contributed by atoms with Crippen LogP contribution in [0.2, 0.25) is 0 Å². The van der Waals surface area contributed by atoms with E-state index in [0.29, 0.717) is 0 Å². The predicted octanol–water partition coefficient (Wildman–Crippen LogP) is 4.11. The molecule has 0 spiro atoms. The van der Waals surface area contributed by atoms with Crippen LogP contribution in [0.4, 0.5) is 13.2 Å². The fourth-order valence-electron chi connectivity index (χ4n) is 3.47. The molecule has 0 bridgehead atoms. The highest BCUT2D eigenvalue weighted by Gasteiger charge is 2.31. The molecule has 1 aliphatic rings. The number of alkyl halides is 3. The van der Waals surface area contributed by atoms with E-state index in [4.69, 9.17) is 9.15 Å². The number of carbonyl (C=O) groups is 2. The molecule has 0 aliphatic heterocycles. The van der Waals surface area contributed by atoms with Crippen LogP contribution in [0, 0.1) is 0 Å². The number of ether oxygens (including phenoxy) is 2. The van der Waals surface area contributed by atoms with E-state index in [-0.39, 0.29) is 42.4 Å². The fourth-order valence-corrected chi connectivity index (χ4v) is 3.47. The van der Waals surface area contributed by atoms with Gasteiger partial charge < -0.3 is 24.5 Å². The van der Waals surface area contributed by atoms with E-state index < -0.39 is 18.0 Å². The Morgan fingerprint density at radius 1 is 1.03 bits per heavy atom. The van der Waals surface area contributed by atoms with Gasteiger partial charge >= 0.3 is 6.36 Å². The number of halogens is 3. The van der Waals surface area contributed by atoms with Gasteiger partial charge in [-0.15, -0.1) is 13.2 Å². The van der Waals surface area contributed by atoms with Crippen molar-refractivity contribution in [3.05, 3.63) is 42.1 Å². The summed E-state index contributed by atoms with van der Waals surface area (Å²) in [5.74, 6) is -0.825. The number of carbonyl (C=O) groups excluding carboxylic acids is 2. The summed E-state index contributed by atoms with van der Waals surface area (Å²) in [4.78, 5) is 28.5. The maximum absolute atomic E-state index is 12.4. The van der Waals surface area contributed by atoms with E-state index in [9.17, 15) is 22.8 Å². The zero-order valence-electron chi connectivity index (χ0n) is 18.0. The van der Waals surface area contributed by atoms with Gasteiger partial charge in [0.25, 0.3) is 11.8 Å². The first-order valence-corrected chi connectivity index (χ1v) is 10.8. The molecule has 33 heavy (non-hydrogen) atoms. The summed E-state index contributed by atoms with van der Waals surface area (Å²) >= 11 is 0. The largest absolute Gasteiger partial charge is 0.573 e. The highest BCUT2D eigenvalue weighted by molar-refractivity contribution is 5.92. The van der Waals surface area contributed by atoms with Crippen LogP contribution in [-0.2, 0) is 11.3 Å². The molecular weight excluding hydrogens is 443 g/mol. The van der Waals surface area contributed by atoms with Crippen LogP contribution in [0.1, 0.15) is 61.3 Å². The minimum atomic E-state index is -4.78. The summed E-state index contributed by atoms with van der Waals surface area (Å²) in [6, 6.07) is 4.80. The molecule has 1 saturated carbocycles. The lowest BCUT2D eigenvalue weighted by Gasteiger charge is -2.20. The van der Waals surface area contributed by atoms with Gasteiger partial charge in [-0.1, -0.05) is 32.1 Å². The number of hydrogen-bond donors (Lipinski definition) is 2. The predicted molar refractivity (Wildman–Crippen MR) is 111 cm³/mol. The average molecular weight is 469 g/mol. The van der Waals surface area contributed by atoms with Crippen LogP contribution in [-0.4, -0.2) is 35.8 Å². The van der Waals surface area contributed by atoms with Gasteiger partial charge in [0.2, 0.25) is 5.89 Å². The fraction of sp³-hybridized carbons (Fsp3) is 0.500. The number of nitrogens with one attached hydrogen (secondary N) is 2. The molecule has 0 radical (unpaired) electrons. The number of rotatable bonds is 8. The number of nitrogens with zero attached hydrogens (tertiary/aromatic N) is 1. The minimum absolute atomic E-state index is 0.0444. The van der Waals surface area contributed by atoms with Crippen LogP contribution in [0.5, 0.6) is 11.5 Å². The van der Waals surface area contributed by atoms with Crippen molar-refractivity contribution in [3.63, 3.8) is 0 Å². The van der Waals surface area contributed by atoms with Crippen LogP contribution in [0.25, 0.3) is 0 Å². The van der Waals surface area contributed by atoms with E-state index in [1.165, 1.54) is 37.7 Å². The van der Waals surface area contributed by atoms with Crippen molar-refractivity contribution in [2.75, 3.05) is 6.61 Å². The summed E-state index contributed by atoms with van der Waals surface area (Å²) in [6.45, 7) is -0.410.